The molecule has 2 unspecified atom stereocenters. The molecule has 0 radical (unpaired) electrons. The number of hydrogen-bond donors (Lipinski definition) is 2. The predicted molar refractivity (Wildman–Crippen MR) is 165 cm³/mol. The van der Waals surface area contributed by atoms with Crippen LogP contribution in [0.25, 0.3) is 0 Å². The zero-order chi connectivity index (χ0) is 30.4. The molecular formula is C33H61NO7. The second-order valence-corrected chi connectivity index (χ2v) is 11.0. The summed E-state index contributed by atoms with van der Waals surface area (Å²) in [6.07, 6.45) is 23.0. The van der Waals surface area contributed by atoms with Crippen LogP contribution < -0.4 is 5.32 Å². The minimum Gasteiger partial charge on any atom is -0.463 e. The van der Waals surface area contributed by atoms with Crippen LogP contribution in [0.15, 0.2) is 12.2 Å². The number of allylic oxidation sites excluding steroid dienone is 1. The number of unbranched alkanes of at least 4 members (excludes halogenated alkanes) is 15. The molecular weight excluding hydrogens is 522 g/mol. The molecule has 1 amide bonds. The van der Waals surface area contributed by atoms with Crippen molar-refractivity contribution in [1.29, 1.82) is 0 Å². The molecule has 0 fully saturated rings. The lowest BCUT2D eigenvalue weighted by Gasteiger charge is -2.22. The summed E-state index contributed by atoms with van der Waals surface area (Å²) in [5.74, 6) is -1.25. The van der Waals surface area contributed by atoms with Gasteiger partial charge in [-0.05, 0) is 19.3 Å². The first-order chi connectivity index (χ1) is 19.9. The van der Waals surface area contributed by atoms with Crippen molar-refractivity contribution in [2.75, 3.05) is 26.9 Å². The van der Waals surface area contributed by atoms with Gasteiger partial charge in [0.2, 0.25) is 5.91 Å². The molecule has 0 saturated heterocycles. The molecule has 0 aliphatic rings. The first kappa shape index (κ1) is 39.1. The van der Waals surface area contributed by atoms with Crippen LogP contribution in [0.5, 0.6) is 0 Å². The molecule has 0 saturated carbocycles. The number of ether oxygens (including phenoxy) is 3. The smallest absolute Gasteiger partial charge is 0.306 e. The second-order valence-electron chi connectivity index (χ2n) is 11.0. The number of aliphatic hydroxyl groups is 1. The van der Waals surface area contributed by atoms with E-state index in [1.807, 2.05) is 6.08 Å². The second kappa shape index (κ2) is 29.6. The van der Waals surface area contributed by atoms with Gasteiger partial charge in [0.05, 0.1) is 31.6 Å². The Bertz CT molecular complexity index is 668. The van der Waals surface area contributed by atoms with Crippen LogP contribution in [0.1, 0.15) is 142 Å². The fourth-order valence-electron chi connectivity index (χ4n) is 4.46. The lowest BCUT2D eigenvalue weighted by molar-refractivity contribution is -0.151. The van der Waals surface area contributed by atoms with Gasteiger partial charge in [-0.3, -0.25) is 14.4 Å². The highest BCUT2D eigenvalue weighted by atomic mass is 16.6. The number of rotatable bonds is 29. The lowest BCUT2D eigenvalue weighted by Crippen LogP contribution is -2.46. The molecule has 0 aromatic rings. The summed E-state index contributed by atoms with van der Waals surface area (Å²) in [4.78, 5) is 36.4. The van der Waals surface area contributed by atoms with Crippen molar-refractivity contribution in [2.45, 2.75) is 154 Å². The van der Waals surface area contributed by atoms with Crippen LogP contribution in [-0.4, -0.2) is 62.0 Å². The van der Waals surface area contributed by atoms with Crippen LogP contribution in [-0.2, 0) is 28.6 Å². The number of methoxy groups -OCH3 is 1. The highest BCUT2D eigenvalue weighted by molar-refractivity contribution is 5.78. The number of nitrogens with one attached hydrogen (secondary N) is 1. The summed E-state index contributed by atoms with van der Waals surface area (Å²) in [6, 6.07) is -0.746. The summed E-state index contributed by atoms with van der Waals surface area (Å²) in [5.41, 5.74) is 0. The Labute approximate surface area is 250 Å². The molecule has 0 spiro atoms. The van der Waals surface area contributed by atoms with Crippen molar-refractivity contribution in [1.82, 2.24) is 5.32 Å². The molecule has 0 aliphatic heterocycles. The number of esters is 2. The van der Waals surface area contributed by atoms with E-state index in [0.29, 0.717) is 13.0 Å². The van der Waals surface area contributed by atoms with Crippen molar-refractivity contribution in [3.63, 3.8) is 0 Å². The zero-order valence-corrected chi connectivity index (χ0v) is 26.5. The molecule has 0 heterocycles. The zero-order valence-electron chi connectivity index (χ0n) is 26.5. The van der Waals surface area contributed by atoms with E-state index in [1.165, 1.54) is 71.3 Å². The van der Waals surface area contributed by atoms with E-state index in [4.69, 9.17) is 14.2 Å². The molecule has 0 aromatic carbocycles. The van der Waals surface area contributed by atoms with Crippen molar-refractivity contribution >= 4 is 17.8 Å². The molecule has 8 nitrogen and oxygen atoms in total. The minimum atomic E-state index is -0.974. The van der Waals surface area contributed by atoms with E-state index in [-0.39, 0.29) is 32.0 Å². The molecule has 41 heavy (non-hydrogen) atoms. The normalized spacial score (nSPS) is 12.8. The number of carbonyl (C=O) groups excluding carboxylic acids is 3. The topological polar surface area (TPSA) is 111 Å². The molecule has 0 bridgehead atoms. The number of hydrogen-bond acceptors (Lipinski definition) is 7. The number of amides is 1. The summed E-state index contributed by atoms with van der Waals surface area (Å²) in [6.45, 7) is 4.66. The maximum absolute atomic E-state index is 12.5. The van der Waals surface area contributed by atoms with E-state index in [2.05, 4.69) is 19.2 Å². The maximum Gasteiger partial charge on any atom is 0.306 e. The van der Waals surface area contributed by atoms with Gasteiger partial charge in [0.15, 0.2) is 0 Å². The molecule has 0 aliphatic carbocycles. The standard InChI is InChI=1S/C33H61NO7/c1-4-6-8-10-11-12-13-14-15-16-17-19-20-22-30(35)29(34-31(36)23-21-18-9-7-5-2)28-41-33(38)25-24-32(37)40-27-26-39-3/h20,22,29-30,35H,4-19,21,23-28H2,1-3H3,(H,34,36)/b22-20+. The molecule has 8 heteroatoms. The van der Waals surface area contributed by atoms with Crippen LogP contribution in [0.3, 0.4) is 0 Å². The van der Waals surface area contributed by atoms with Crippen LogP contribution in [0.2, 0.25) is 0 Å². The van der Waals surface area contributed by atoms with E-state index in [0.717, 1.165) is 44.9 Å². The Kier molecular flexibility index (Phi) is 28.2. The first-order valence-electron chi connectivity index (χ1n) is 16.4. The maximum atomic E-state index is 12.5. The van der Waals surface area contributed by atoms with Gasteiger partial charge in [-0.2, -0.15) is 0 Å². The quantitative estimate of drug-likeness (QED) is 0.0556. The Morgan fingerprint density at radius 3 is 1.76 bits per heavy atom. The summed E-state index contributed by atoms with van der Waals surface area (Å²) >= 11 is 0. The van der Waals surface area contributed by atoms with Crippen molar-refractivity contribution in [3.05, 3.63) is 12.2 Å². The average molecular weight is 584 g/mol. The van der Waals surface area contributed by atoms with E-state index in [1.54, 1.807) is 6.08 Å². The third kappa shape index (κ3) is 26.7. The predicted octanol–water partition coefficient (Wildman–Crippen LogP) is 6.96. The van der Waals surface area contributed by atoms with Gasteiger partial charge in [0, 0.05) is 13.5 Å². The van der Waals surface area contributed by atoms with Gasteiger partial charge in [-0.15, -0.1) is 0 Å². The van der Waals surface area contributed by atoms with Crippen molar-refractivity contribution in [3.8, 4) is 0 Å². The lowest BCUT2D eigenvalue weighted by atomic mass is 10.0. The van der Waals surface area contributed by atoms with E-state index < -0.39 is 24.1 Å². The Balaban J connectivity index is 4.46. The summed E-state index contributed by atoms with van der Waals surface area (Å²) in [7, 11) is 1.51. The number of aliphatic hydroxyl groups excluding tert-OH is 1. The SMILES string of the molecule is CCCCCCCCCCCCC/C=C/C(O)C(COC(=O)CCC(=O)OCCOC)NC(=O)CCCCCCC. The third-order valence-electron chi connectivity index (χ3n) is 7.08. The van der Waals surface area contributed by atoms with Gasteiger partial charge in [0.25, 0.3) is 0 Å². The molecule has 240 valence electrons. The van der Waals surface area contributed by atoms with Crippen LogP contribution >= 0.6 is 0 Å². The van der Waals surface area contributed by atoms with Crippen LogP contribution in [0.4, 0.5) is 0 Å². The van der Waals surface area contributed by atoms with Crippen molar-refractivity contribution in [2.24, 2.45) is 0 Å². The third-order valence-corrected chi connectivity index (χ3v) is 7.08. The van der Waals surface area contributed by atoms with Gasteiger partial charge in [-0.25, -0.2) is 0 Å². The Morgan fingerprint density at radius 1 is 0.683 bits per heavy atom. The molecule has 0 rings (SSSR count). The van der Waals surface area contributed by atoms with E-state index in [9.17, 15) is 19.5 Å². The molecule has 0 aromatic heterocycles. The fourth-order valence-corrected chi connectivity index (χ4v) is 4.46. The fraction of sp³-hybridized carbons (Fsp3) is 0.848. The highest BCUT2D eigenvalue weighted by Crippen LogP contribution is 2.12. The molecule has 2 atom stereocenters. The van der Waals surface area contributed by atoms with Gasteiger partial charge >= 0.3 is 11.9 Å². The Morgan fingerprint density at radius 2 is 1.20 bits per heavy atom. The summed E-state index contributed by atoms with van der Waals surface area (Å²) in [5, 5.41) is 13.6. The Hall–Kier alpha value is -1.93. The van der Waals surface area contributed by atoms with Gasteiger partial charge < -0.3 is 24.6 Å². The average Bonchev–Trinajstić information content (AvgIpc) is 2.96. The van der Waals surface area contributed by atoms with Gasteiger partial charge in [-0.1, -0.05) is 116 Å². The molecule has 2 N–H and O–H groups in total. The largest absolute Gasteiger partial charge is 0.463 e. The van der Waals surface area contributed by atoms with Crippen LogP contribution in [0, 0.1) is 0 Å². The monoisotopic (exact) mass is 583 g/mol. The summed E-state index contributed by atoms with van der Waals surface area (Å²) < 4.78 is 15.1. The first-order valence-corrected chi connectivity index (χ1v) is 16.4. The highest BCUT2D eigenvalue weighted by Gasteiger charge is 2.21. The van der Waals surface area contributed by atoms with E-state index >= 15 is 0 Å². The van der Waals surface area contributed by atoms with Crippen molar-refractivity contribution < 1.29 is 33.7 Å². The minimum absolute atomic E-state index is 0.0985. The van der Waals surface area contributed by atoms with Gasteiger partial charge in [0.1, 0.15) is 13.2 Å². The number of carbonyl (C=O) groups is 3.